The van der Waals surface area contributed by atoms with Crippen molar-refractivity contribution < 1.29 is 0 Å². The van der Waals surface area contributed by atoms with E-state index >= 15 is 0 Å². The van der Waals surface area contributed by atoms with Gasteiger partial charge in [0.25, 0.3) is 0 Å². The van der Waals surface area contributed by atoms with Gasteiger partial charge in [-0.1, -0.05) is 82.2 Å². The van der Waals surface area contributed by atoms with Gasteiger partial charge >= 0.3 is 0 Å². The Morgan fingerprint density at radius 2 is 1.88 bits per heavy atom. The zero-order valence-electron chi connectivity index (χ0n) is 20.9. The van der Waals surface area contributed by atoms with Crippen molar-refractivity contribution in [2.24, 2.45) is 5.92 Å². The molecule has 4 nitrogen and oxygen atoms in total. The Balaban J connectivity index is 1.92. The maximum Gasteiger partial charge on any atom is 0.145 e. The number of anilines is 1. The van der Waals surface area contributed by atoms with E-state index < -0.39 is 0 Å². The van der Waals surface area contributed by atoms with Crippen molar-refractivity contribution in [1.29, 1.82) is 5.26 Å². The highest BCUT2D eigenvalue weighted by atomic mass is 15.0. The molecule has 0 bridgehead atoms. The Hall–Kier alpha value is -3.58. The van der Waals surface area contributed by atoms with Gasteiger partial charge < -0.3 is 10.6 Å². The molecule has 4 heteroatoms. The average Bonchev–Trinajstić information content (AvgIpc) is 2.87. The molecule has 0 saturated heterocycles. The summed E-state index contributed by atoms with van der Waals surface area (Å²) in [6.07, 6.45) is 5.04. The largest absolute Gasteiger partial charge is 0.385 e. The SMILES string of the molecule is C=C(NCC(C)CCCCC)c1cccc(-c2cc(-c3ccccc3C)nc(NC)c2C#N)c1. The molecule has 1 unspecified atom stereocenters. The summed E-state index contributed by atoms with van der Waals surface area (Å²) in [5, 5.41) is 16.6. The van der Waals surface area contributed by atoms with Gasteiger partial charge in [0.1, 0.15) is 17.5 Å². The van der Waals surface area contributed by atoms with E-state index in [1.54, 1.807) is 7.05 Å². The van der Waals surface area contributed by atoms with Crippen LogP contribution in [0.1, 0.15) is 56.2 Å². The number of aryl methyl sites for hydroxylation is 1. The first-order valence-corrected chi connectivity index (χ1v) is 12.2. The summed E-state index contributed by atoms with van der Waals surface area (Å²) in [7, 11) is 1.80. The lowest BCUT2D eigenvalue weighted by Gasteiger charge is -2.17. The molecule has 0 fully saturated rings. The molecule has 3 rings (SSSR count). The van der Waals surface area contributed by atoms with E-state index in [1.165, 1.54) is 25.7 Å². The molecule has 0 amide bonds. The Kier molecular flexibility index (Phi) is 8.87. The average molecular weight is 453 g/mol. The van der Waals surface area contributed by atoms with Crippen LogP contribution in [-0.4, -0.2) is 18.6 Å². The second-order valence-electron chi connectivity index (χ2n) is 9.00. The van der Waals surface area contributed by atoms with Gasteiger partial charge in [-0.05, 0) is 48.1 Å². The number of pyridine rings is 1. The highest BCUT2D eigenvalue weighted by Crippen LogP contribution is 2.34. The molecule has 176 valence electrons. The molecule has 0 aliphatic heterocycles. The van der Waals surface area contributed by atoms with E-state index in [4.69, 9.17) is 4.98 Å². The van der Waals surface area contributed by atoms with E-state index in [9.17, 15) is 5.26 Å². The molecule has 1 atom stereocenters. The molecule has 1 heterocycles. The Morgan fingerprint density at radius 1 is 1.09 bits per heavy atom. The van der Waals surface area contributed by atoms with Crippen molar-refractivity contribution in [3.63, 3.8) is 0 Å². The van der Waals surface area contributed by atoms with E-state index in [0.717, 1.165) is 45.8 Å². The van der Waals surface area contributed by atoms with Crippen LogP contribution in [0.15, 0.2) is 61.2 Å². The normalized spacial score (nSPS) is 11.5. The number of unbranched alkanes of at least 4 members (excludes halogenated alkanes) is 2. The van der Waals surface area contributed by atoms with Crippen LogP contribution in [-0.2, 0) is 0 Å². The van der Waals surface area contributed by atoms with Crippen LogP contribution < -0.4 is 10.6 Å². The van der Waals surface area contributed by atoms with Crippen molar-refractivity contribution in [1.82, 2.24) is 10.3 Å². The molecule has 34 heavy (non-hydrogen) atoms. The van der Waals surface area contributed by atoms with Crippen molar-refractivity contribution in [2.75, 3.05) is 18.9 Å². The van der Waals surface area contributed by atoms with Crippen molar-refractivity contribution >= 4 is 11.5 Å². The highest BCUT2D eigenvalue weighted by Gasteiger charge is 2.16. The fourth-order valence-corrected chi connectivity index (χ4v) is 4.18. The Morgan fingerprint density at radius 3 is 2.59 bits per heavy atom. The summed E-state index contributed by atoms with van der Waals surface area (Å²) in [6, 6.07) is 20.8. The number of benzene rings is 2. The fraction of sp³-hybridized carbons (Fsp3) is 0.333. The molecule has 0 spiro atoms. The fourth-order valence-electron chi connectivity index (χ4n) is 4.18. The van der Waals surface area contributed by atoms with Crippen LogP contribution in [0.3, 0.4) is 0 Å². The third kappa shape index (κ3) is 6.05. The Bertz CT molecular complexity index is 1170. The zero-order chi connectivity index (χ0) is 24.5. The number of hydrogen-bond donors (Lipinski definition) is 2. The number of aromatic nitrogens is 1. The van der Waals surface area contributed by atoms with Gasteiger partial charge in [-0.15, -0.1) is 0 Å². The summed E-state index contributed by atoms with van der Waals surface area (Å²) < 4.78 is 0. The molecule has 0 aliphatic rings. The van der Waals surface area contributed by atoms with Crippen LogP contribution in [0.2, 0.25) is 0 Å². The molecular formula is C30H36N4. The summed E-state index contributed by atoms with van der Waals surface area (Å²) in [5.74, 6) is 1.19. The van der Waals surface area contributed by atoms with Crippen molar-refractivity contribution in [3.05, 3.63) is 77.9 Å². The topological polar surface area (TPSA) is 60.7 Å². The van der Waals surface area contributed by atoms with Crippen molar-refractivity contribution in [3.8, 4) is 28.5 Å². The zero-order valence-corrected chi connectivity index (χ0v) is 20.9. The van der Waals surface area contributed by atoms with Crippen LogP contribution >= 0.6 is 0 Å². The molecule has 0 radical (unpaired) electrons. The van der Waals surface area contributed by atoms with Gasteiger partial charge in [-0.25, -0.2) is 4.98 Å². The maximum atomic E-state index is 9.96. The number of nitriles is 1. The minimum atomic E-state index is 0.542. The molecule has 1 aromatic heterocycles. The monoisotopic (exact) mass is 452 g/mol. The number of hydrogen-bond acceptors (Lipinski definition) is 4. The molecule has 3 aromatic rings. The summed E-state index contributed by atoms with van der Waals surface area (Å²) in [5.41, 5.74) is 7.37. The predicted octanol–water partition coefficient (Wildman–Crippen LogP) is 7.41. The van der Waals surface area contributed by atoms with E-state index in [0.29, 0.717) is 17.3 Å². The van der Waals surface area contributed by atoms with Gasteiger partial charge in [0.15, 0.2) is 0 Å². The lowest BCUT2D eigenvalue weighted by molar-refractivity contribution is 0.485. The van der Waals surface area contributed by atoms with Crippen molar-refractivity contribution in [2.45, 2.75) is 46.5 Å². The van der Waals surface area contributed by atoms with Crippen LogP contribution in [0.25, 0.3) is 28.1 Å². The quantitative estimate of drug-likeness (QED) is 0.297. The minimum Gasteiger partial charge on any atom is -0.385 e. The third-order valence-corrected chi connectivity index (χ3v) is 6.28. The smallest absolute Gasteiger partial charge is 0.145 e. The third-order valence-electron chi connectivity index (χ3n) is 6.28. The summed E-state index contributed by atoms with van der Waals surface area (Å²) in [6.45, 7) is 11.8. The Labute approximate surface area is 204 Å². The van der Waals surface area contributed by atoms with Gasteiger partial charge in [-0.2, -0.15) is 5.26 Å². The minimum absolute atomic E-state index is 0.542. The first kappa shape index (κ1) is 25.1. The van der Waals surface area contributed by atoms with Crippen LogP contribution in [0.4, 0.5) is 5.82 Å². The molecule has 2 aromatic carbocycles. The summed E-state index contributed by atoms with van der Waals surface area (Å²) >= 11 is 0. The molecular weight excluding hydrogens is 416 g/mol. The van der Waals surface area contributed by atoms with Crippen LogP contribution in [0, 0.1) is 24.2 Å². The number of nitrogens with zero attached hydrogens (tertiary/aromatic N) is 2. The summed E-state index contributed by atoms with van der Waals surface area (Å²) in [4.78, 5) is 4.75. The lowest BCUT2D eigenvalue weighted by Crippen LogP contribution is -2.19. The predicted molar refractivity (Wildman–Crippen MR) is 144 cm³/mol. The van der Waals surface area contributed by atoms with Gasteiger partial charge in [0, 0.05) is 30.4 Å². The first-order chi connectivity index (χ1) is 16.5. The molecule has 2 N–H and O–H groups in total. The lowest BCUT2D eigenvalue weighted by atomic mass is 9.95. The number of nitrogens with one attached hydrogen (secondary N) is 2. The maximum absolute atomic E-state index is 9.96. The van der Waals surface area contributed by atoms with E-state index in [1.807, 2.05) is 30.3 Å². The van der Waals surface area contributed by atoms with Gasteiger partial charge in [-0.3, -0.25) is 0 Å². The van der Waals surface area contributed by atoms with E-state index in [2.05, 4.69) is 68.3 Å². The van der Waals surface area contributed by atoms with E-state index in [-0.39, 0.29) is 0 Å². The van der Waals surface area contributed by atoms with Crippen LogP contribution in [0.5, 0.6) is 0 Å². The van der Waals surface area contributed by atoms with Gasteiger partial charge in [0.05, 0.1) is 5.69 Å². The number of rotatable bonds is 11. The molecule has 0 saturated carbocycles. The van der Waals surface area contributed by atoms with Gasteiger partial charge in [0.2, 0.25) is 0 Å². The first-order valence-electron chi connectivity index (χ1n) is 12.2. The highest BCUT2D eigenvalue weighted by molar-refractivity contribution is 5.82. The second kappa shape index (κ2) is 12.0. The second-order valence-corrected chi connectivity index (χ2v) is 9.00. The molecule has 0 aliphatic carbocycles. The standard InChI is InChI=1S/C30H36N4/c1-6-7-8-12-21(2)20-33-23(4)24-14-11-15-25(17-24)27-18-29(26-16-10-9-13-22(26)3)34-30(32-5)28(27)19-31/h9-11,13-18,21,33H,4,6-8,12,20H2,1-3,5H3,(H,32,34).